The zero-order valence-electron chi connectivity index (χ0n) is 30.0. The van der Waals surface area contributed by atoms with E-state index in [0.29, 0.717) is 17.6 Å². The lowest BCUT2D eigenvalue weighted by molar-refractivity contribution is -0.349. The van der Waals surface area contributed by atoms with Crippen molar-refractivity contribution < 1.29 is 58.5 Å². The summed E-state index contributed by atoms with van der Waals surface area (Å²) >= 11 is 0. The molecule has 50 heavy (non-hydrogen) atoms. The maximum absolute atomic E-state index is 14.6. The average Bonchev–Trinajstić information content (AvgIpc) is 3.06. The van der Waals surface area contributed by atoms with Gasteiger partial charge in [0.05, 0.1) is 49.6 Å². The van der Waals surface area contributed by atoms with E-state index in [9.17, 15) is 34.8 Å². The van der Waals surface area contributed by atoms with Crippen LogP contribution in [0.2, 0.25) is 0 Å². The third-order valence-corrected chi connectivity index (χ3v) is 11.9. The van der Waals surface area contributed by atoms with Crippen molar-refractivity contribution in [3.05, 3.63) is 47.0 Å². The van der Waals surface area contributed by atoms with Crippen LogP contribution < -0.4 is 5.32 Å². The van der Waals surface area contributed by atoms with Crippen molar-refractivity contribution in [2.75, 3.05) is 26.9 Å². The van der Waals surface area contributed by atoms with Crippen LogP contribution in [0, 0.1) is 16.7 Å². The largest absolute Gasteiger partial charge is 0.454 e. The molecule has 5 rings (SSSR count). The second-order valence-corrected chi connectivity index (χ2v) is 15.0. The molecule has 0 spiro atoms. The quantitative estimate of drug-likeness (QED) is 0.129. The van der Waals surface area contributed by atoms with Crippen LogP contribution in [0.3, 0.4) is 0 Å². The molecule has 13 heteroatoms. The number of nitrogens with one attached hydrogen (secondary N) is 1. The fraction of sp³-hybridized carbons (Fsp3) is 0.703. The Morgan fingerprint density at radius 2 is 1.82 bits per heavy atom. The van der Waals surface area contributed by atoms with Crippen LogP contribution in [0.15, 0.2) is 41.5 Å². The predicted molar refractivity (Wildman–Crippen MR) is 179 cm³/mol. The molecule has 1 amide bonds. The van der Waals surface area contributed by atoms with E-state index in [0.717, 1.165) is 6.42 Å². The van der Waals surface area contributed by atoms with Crippen molar-refractivity contribution in [3.8, 4) is 0 Å². The van der Waals surface area contributed by atoms with Crippen LogP contribution in [0.1, 0.15) is 78.8 Å². The van der Waals surface area contributed by atoms with Crippen molar-refractivity contribution in [1.82, 2.24) is 5.32 Å². The van der Waals surface area contributed by atoms with Gasteiger partial charge in [-0.15, -0.1) is 0 Å². The molecule has 3 fully saturated rings. The summed E-state index contributed by atoms with van der Waals surface area (Å²) < 4.78 is 29.5. The summed E-state index contributed by atoms with van der Waals surface area (Å²) in [7, 11) is 1.39. The molecule has 3 aliphatic carbocycles. The summed E-state index contributed by atoms with van der Waals surface area (Å²) in [5.41, 5.74) is -4.98. The Bertz CT molecular complexity index is 1470. The number of rotatable bonds is 11. The molecule has 5 N–H and O–H groups in total. The summed E-state index contributed by atoms with van der Waals surface area (Å²) in [5, 5.41) is 50.8. The molecule has 1 heterocycles. The van der Waals surface area contributed by atoms with Gasteiger partial charge in [0, 0.05) is 38.2 Å². The van der Waals surface area contributed by atoms with Crippen LogP contribution in [-0.4, -0.2) is 113 Å². The molecule has 4 aliphatic rings. The maximum atomic E-state index is 14.6. The molecular weight excluding hydrogens is 650 g/mol. The third-order valence-electron chi connectivity index (χ3n) is 11.9. The number of ketones is 1. The minimum Gasteiger partial charge on any atom is -0.454 e. The number of Topliss-reactive ketones (excluding diaryl/α,β-unsaturated/α-hetero) is 1. The fourth-order valence-corrected chi connectivity index (χ4v) is 9.09. The number of carbonyl (C=O) groups excluding carboxylic acids is 3. The van der Waals surface area contributed by atoms with Gasteiger partial charge in [-0.25, -0.2) is 4.79 Å². The Kier molecular flexibility index (Phi) is 10.9. The van der Waals surface area contributed by atoms with Crippen molar-refractivity contribution in [1.29, 1.82) is 0 Å². The number of amides is 1. The number of aliphatic hydroxyl groups is 4. The van der Waals surface area contributed by atoms with Gasteiger partial charge in [0.2, 0.25) is 0 Å². The summed E-state index contributed by atoms with van der Waals surface area (Å²) in [6, 6.07) is 7.98. The van der Waals surface area contributed by atoms with Crippen LogP contribution in [0.5, 0.6) is 0 Å². The topological polar surface area (TPSA) is 190 Å². The van der Waals surface area contributed by atoms with E-state index in [1.54, 1.807) is 45.0 Å². The Morgan fingerprint density at radius 1 is 1.14 bits per heavy atom. The molecule has 1 aromatic rings. The number of methoxy groups -OCH3 is 1. The third kappa shape index (κ3) is 6.08. The molecular formula is C37H53NO12. The zero-order chi connectivity index (χ0) is 36.8. The first-order valence-electron chi connectivity index (χ1n) is 17.5. The van der Waals surface area contributed by atoms with Crippen molar-refractivity contribution in [2.24, 2.45) is 16.7 Å². The monoisotopic (exact) mass is 703 g/mol. The molecule has 0 radical (unpaired) electrons. The van der Waals surface area contributed by atoms with Gasteiger partial charge in [-0.3, -0.25) is 9.59 Å². The molecule has 2 bridgehead atoms. The predicted octanol–water partition coefficient (Wildman–Crippen LogP) is 2.52. The van der Waals surface area contributed by atoms with Gasteiger partial charge in [-0.1, -0.05) is 57.5 Å². The van der Waals surface area contributed by atoms with Gasteiger partial charge < -0.3 is 49.4 Å². The van der Waals surface area contributed by atoms with Gasteiger partial charge in [0.1, 0.15) is 23.9 Å². The normalized spacial score (nSPS) is 37.2. The molecule has 1 aliphatic heterocycles. The molecule has 1 saturated heterocycles. The van der Waals surface area contributed by atoms with E-state index in [4.69, 9.17) is 23.7 Å². The Balaban J connectivity index is 1.53. The van der Waals surface area contributed by atoms with Crippen LogP contribution in [-0.2, 0) is 33.3 Å². The first kappa shape index (κ1) is 38.3. The molecule has 3 unspecified atom stereocenters. The first-order valence-corrected chi connectivity index (χ1v) is 17.5. The van der Waals surface area contributed by atoms with E-state index in [-0.39, 0.29) is 38.2 Å². The Labute approximate surface area is 293 Å². The number of hydrogen-bond acceptors (Lipinski definition) is 12. The number of aliphatic hydroxyl groups excluding tert-OH is 3. The molecule has 11 atom stereocenters. The number of esters is 1. The summed E-state index contributed by atoms with van der Waals surface area (Å²) in [4.78, 5) is 39.8. The van der Waals surface area contributed by atoms with E-state index in [1.807, 2.05) is 13.0 Å². The number of hydrogen-bond donors (Lipinski definition) is 5. The highest BCUT2D eigenvalue weighted by Crippen LogP contribution is 2.63. The second kappa shape index (κ2) is 14.3. The van der Waals surface area contributed by atoms with E-state index < -0.39 is 88.5 Å². The van der Waals surface area contributed by atoms with Crippen molar-refractivity contribution in [2.45, 2.75) is 121 Å². The number of alkyl carbamates (subject to hydrolysis) is 1. The van der Waals surface area contributed by atoms with Crippen LogP contribution >= 0.6 is 0 Å². The van der Waals surface area contributed by atoms with Gasteiger partial charge in [-0.2, -0.15) is 0 Å². The number of benzene rings is 1. The molecule has 1 aromatic carbocycles. The van der Waals surface area contributed by atoms with E-state index in [2.05, 4.69) is 5.32 Å². The Morgan fingerprint density at radius 3 is 2.40 bits per heavy atom. The summed E-state index contributed by atoms with van der Waals surface area (Å²) in [6.07, 6.45) is -6.57. The lowest BCUT2D eigenvalue weighted by Crippen LogP contribution is -2.81. The highest BCUT2D eigenvalue weighted by atomic mass is 16.6. The average molecular weight is 704 g/mol. The lowest BCUT2D eigenvalue weighted by Gasteiger charge is -2.67. The second-order valence-electron chi connectivity index (χ2n) is 15.0. The minimum atomic E-state index is -1.87. The fourth-order valence-electron chi connectivity index (χ4n) is 9.09. The van der Waals surface area contributed by atoms with Gasteiger partial charge in [0.25, 0.3) is 0 Å². The summed E-state index contributed by atoms with van der Waals surface area (Å²) in [5.74, 6) is -2.46. The number of carbonyl (C=O) groups is 3. The Hall–Kier alpha value is -2.91. The summed E-state index contributed by atoms with van der Waals surface area (Å²) in [6.45, 7) is 9.72. The molecule has 2 saturated carbocycles. The molecule has 278 valence electrons. The zero-order valence-corrected chi connectivity index (χ0v) is 30.0. The van der Waals surface area contributed by atoms with Gasteiger partial charge in [0.15, 0.2) is 11.4 Å². The number of ether oxygens (including phenoxy) is 5. The number of unbranched alkanes of at least 4 members (excludes halogenated alkanes) is 1. The van der Waals surface area contributed by atoms with Crippen molar-refractivity contribution >= 4 is 17.8 Å². The van der Waals surface area contributed by atoms with E-state index >= 15 is 0 Å². The first-order chi connectivity index (χ1) is 23.5. The van der Waals surface area contributed by atoms with E-state index in [1.165, 1.54) is 21.0 Å². The highest BCUT2D eigenvalue weighted by Gasteiger charge is 2.77. The van der Waals surface area contributed by atoms with Gasteiger partial charge >= 0.3 is 12.1 Å². The highest BCUT2D eigenvalue weighted by molar-refractivity contribution is 5.93. The van der Waals surface area contributed by atoms with Crippen LogP contribution in [0.4, 0.5) is 4.79 Å². The van der Waals surface area contributed by atoms with Crippen LogP contribution in [0.25, 0.3) is 0 Å². The molecule has 0 aromatic heterocycles. The maximum Gasteiger partial charge on any atom is 0.407 e. The lowest BCUT2D eigenvalue weighted by atomic mass is 9.44. The number of fused-ring (bicyclic) bond motifs is 5. The smallest absolute Gasteiger partial charge is 0.407 e. The standard InChI is InChI=1S/C37H53NO12/c1-8-9-15-47-33(44)38-28(22-13-11-10-12-14-22)23(40)18-48-24-17-37(45)32(46-7)30-35(6,31(43)29(42)27(20(24)2)34(37,4)5)25(41)16-26-36(30,19-49-26)50-21(3)39/h10-14,23-26,28-30,32,40-42,45H,8-9,15-19H2,1-7H3,(H,38,44)/t23-,24-,25-,26?,28-,29+,30?,32-,35?,36-,37+/m0/s1. The minimum absolute atomic E-state index is 0.0264. The van der Waals surface area contributed by atoms with Gasteiger partial charge in [-0.05, 0) is 37.0 Å². The molecule has 13 nitrogen and oxygen atoms in total. The van der Waals surface area contributed by atoms with Crippen molar-refractivity contribution in [3.63, 3.8) is 0 Å². The SMILES string of the molecule is CCCCOC(=O)N[C@@H](c1ccccc1)[C@@H](O)CO[C@H]1C[C@@]2(O)[C@@H](OC)C3C(C)(C(=O)[C@H](O)C(=C1C)C2(C)C)[C@@H](O)CC1OC[C@]13OC(C)=O.